The van der Waals surface area contributed by atoms with Crippen molar-refractivity contribution in [3.05, 3.63) is 34.4 Å². The summed E-state index contributed by atoms with van der Waals surface area (Å²) in [5.41, 5.74) is -0.330. The second-order valence-electron chi connectivity index (χ2n) is 4.33. The van der Waals surface area contributed by atoms with Gasteiger partial charge in [0.1, 0.15) is 0 Å². The zero-order valence-corrected chi connectivity index (χ0v) is 11.4. The first-order chi connectivity index (χ1) is 9.06. The molecule has 1 N–H and O–H groups in total. The van der Waals surface area contributed by atoms with Crippen LogP contribution in [0.2, 0.25) is 0 Å². The fraction of sp³-hybridized carbons (Fsp3) is 0.250. The molecule has 1 aliphatic rings. The third-order valence-electron chi connectivity index (χ3n) is 3.06. The van der Waals surface area contributed by atoms with Gasteiger partial charge in [0, 0.05) is 0 Å². The van der Waals surface area contributed by atoms with Gasteiger partial charge < -0.3 is 0 Å². The number of piperidine rings is 1. The average Bonchev–Trinajstić information content (AvgIpc) is 2.67. The first kappa shape index (κ1) is 12.3. The Bertz CT molecular complexity index is 749. The van der Waals surface area contributed by atoms with Crippen LogP contribution in [0, 0.1) is 5.82 Å². The van der Waals surface area contributed by atoms with E-state index in [2.05, 4.69) is 5.32 Å². The molecule has 98 valence electrons. The van der Waals surface area contributed by atoms with Crippen molar-refractivity contribution in [2.24, 2.45) is 0 Å². The van der Waals surface area contributed by atoms with Crippen molar-refractivity contribution in [1.82, 2.24) is 8.88 Å². The molecule has 0 radical (unpaired) electrons. The van der Waals surface area contributed by atoms with Crippen LogP contribution in [0.5, 0.6) is 0 Å². The number of benzene rings is 1. The van der Waals surface area contributed by atoms with Gasteiger partial charge in [-0.2, -0.15) is 0 Å². The normalized spacial score (nSPS) is 19.7. The Morgan fingerprint density at radius 3 is 2.84 bits per heavy atom. The Morgan fingerprint density at radius 1 is 1.32 bits per heavy atom. The van der Waals surface area contributed by atoms with E-state index >= 15 is 0 Å². The van der Waals surface area contributed by atoms with Crippen molar-refractivity contribution in [2.45, 2.75) is 18.9 Å². The molecule has 1 fully saturated rings. The van der Waals surface area contributed by atoms with E-state index in [-0.39, 0.29) is 32.6 Å². The van der Waals surface area contributed by atoms with Gasteiger partial charge in [-0.3, -0.25) is 0 Å². The van der Waals surface area contributed by atoms with E-state index in [1.807, 2.05) is 0 Å². The molecule has 1 saturated heterocycles. The molecular formula is C12H9FN2O3Se. The van der Waals surface area contributed by atoms with Crippen molar-refractivity contribution < 1.29 is 14.0 Å². The monoisotopic (exact) mass is 328 g/mol. The van der Waals surface area contributed by atoms with Gasteiger partial charge in [-0.05, 0) is 0 Å². The van der Waals surface area contributed by atoms with Gasteiger partial charge >= 0.3 is 112 Å². The maximum atomic E-state index is 13.1. The molecule has 0 bridgehead atoms. The van der Waals surface area contributed by atoms with Crippen molar-refractivity contribution in [3.8, 4) is 0 Å². The molecule has 1 atom stereocenters. The number of aromatic nitrogens is 1. The van der Waals surface area contributed by atoms with E-state index in [0.717, 1.165) is 4.26 Å². The standard InChI is InChI=1S/C12H9FN2O3Se/c13-6-1-3-9-7(5-6)12(18)15(19-9)8-2-4-10(16)14-11(8)17/h1,3,5,8H,2,4H2,(H,14,16,17). The summed E-state index contributed by atoms with van der Waals surface area (Å²) in [5, 5.41) is 2.55. The molecule has 19 heavy (non-hydrogen) atoms. The number of rotatable bonds is 1. The fourth-order valence-electron chi connectivity index (χ4n) is 2.13. The Labute approximate surface area is 113 Å². The number of hydrogen-bond acceptors (Lipinski definition) is 3. The second-order valence-corrected chi connectivity index (χ2v) is 6.46. The maximum absolute atomic E-state index is 13.1. The third kappa shape index (κ3) is 2.05. The minimum absolute atomic E-state index is 0.223. The first-order valence-electron chi connectivity index (χ1n) is 5.71. The van der Waals surface area contributed by atoms with E-state index < -0.39 is 17.8 Å². The Kier molecular flexibility index (Phi) is 2.87. The van der Waals surface area contributed by atoms with Crippen LogP contribution < -0.4 is 10.9 Å². The molecule has 2 amide bonds. The van der Waals surface area contributed by atoms with E-state index in [0.29, 0.717) is 11.8 Å². The average molecular weight is 327 g/mol. The van der Waals surface area contributed by atoms with Crippen LogP contribution in [-0.4, -0.2) is 30.1 Å². The van der Waals surface area contributed by atoms with Gasteiger partial charge in [0.25, 0.3) is 0 Å². The van der Waals surface area contributed by atoms with Crippen LogP contribution in [0.4, 0.5) is 4.39 Å². The zero-order chi connectivity index (χ0) is 13.6. The molecular weight excluding hydrogens is 318 g/mol. The van der Waals surface area contributed by atoms with Gasteiger partial charge in [-0.15, -0.1) is 0 Å². The molecule has 1 aromatic heterocycles. The number of fused-ring (bicyclic) bond motifs is 1. The molecule has 1 unspecified atom stereocenters. The minimum atomic E-state index is -0.624. The van der Waals surface area contributed by atoms with Crippen LogP contribution in [0.1, 0.15) is 18.9 Å². The molecule has 1 aliphatic heterocycles. The number of carbonyl (C=O) groups is 2. The number of hydrogen-bond donors (Lipinski definition) is 1. The van der Waals surface area contributed by atoms with Crippen LogP contribution in [0.25, 0.3) is 9.65 Å². The van der Waals surface area contributed by atoms with E-state index in [4.69, 9.17) is 0 Å². The molecule has 3 rings (SSSR count). The van der Waals surface area contributed by atoms with E-state index in [9.17, 15) is 18.8 Å². The summed E-state index contributed by atoms with van der Waals surface area (Å²) < 4.78 is 15.4. The fourth-order valence-corrected chi connectivity index (χ4v) is 4.42. The van der Waals surface area contributed by atoms with Gasteiger partial charge in [-0.1, -0.05) is 0 Å². The number of nitrogens with one attached hydrogen (secondary N) is 1. The predicted octanol–water partition coefficient (Wildman–Crippen LogP) is 0.175. The van der Waals surface area contributed by atoms with Crippen molar-refractivity contribution in [1.29, 1.82) is 0 Å². The predicted molar refractivity (Wildman–Crippen MR) is 66.5 cm³/mol. The summed E-state index contributed by atoms with van der Waals surface area (Å²) in [7, 11) is 0. The van der Waals surface area contributed by atoms with Gasteiger partial charge in [0.15, 0.2) is 0 Å². The number of nitrogens with zero attached hydrogens (tertiary/aromatic N) is 1. The molecule has 5 nitrogen and oxygen atoms in total. The Morgan fingerprint density at radius 2 is 2.11 bits per heavy atom. The molecule has 0 spiro atoms. The van der Waals surface area contributed by atoms with Crippen LogP contribution in [0.3, 0.4) is 0 Å². The first-order valence-corrected chi connectivity index (χ1v) is 7.33. The van der Waals surface area contributed by atoms with Crippen LogP contribution in [0.15, 0.2) is 23.0 Å². The van der Waals surface area contributed by atoms with Gasteiger partial charge in [0.2, 0.25) is 0 Å². The van der Waals surface area contributed by atoms with E-state index in [1.54, 1.807) is 6.07 Å². The number of carbonyl (C=O) groups excluding carboxylic acids is 2. The Balaban J connectivity index is 2.11. The van der Waals surface area contributed by atoms with Gasteiger partial charge in [0.05, 0.1) is 0 Å². The number of halogens is 1. The second kappa shape index (κ2) is 4.43. The molecule has 0 aliphatic carbocycles. The van der Waals surface area contributed by atoms with Gasteiger partial charge in [-0.25, -0.2) is 0 Å². The SMILES string of the molecule is O=C1CCC(n2[se]c3ccc(F)cc3c2=O)C(=O)N1. The summed E-state index contributed by atoms with van der Waals surface area (Å²) in [6.45, 7) is 0. The quantitative estimate of drug-likeness (QED) is 0.600. The molecule has 2 aromatic rings. The van der Waals surface area contributed by atoms with Crippen molar-refractivity contribution >= 4 is 36.2 Å². The molecule has 2 heterocycles. The summed E-state index contributed by atoms with van der Waals surface area (Å²) in [6.07, 6.45) is 0.551. The van der Waals surface area contributed by atoms with E-state index in [1.165, 1.54) is 15.7 Å². The summed E-state index contributed by atoms with van der Waals surface area (Å²) in [6, 6.07) is 3.46. The van der Waals surface area contributed by atoms with Crippen molar-refractivity contribution in [2.75, 3.05) is 0 Å². The summed E-state index contributed by atoms with van der Waals surface area (Å²) in [5.74, 6) is -1.23. The number of imide groups is 1. The number of amides is 2. The summed E-state index contributed by atoms with van der Waals surface area (Å²) >= 11 is -0.345. The zero-order valence-electron chi connectivity index (χ0n) is 9.68. The third-order valence-corrected chi connectivity index (χ3v) is 5.52. The topological polar surface area (TPSA) is 68.2 Å². The molecule has 1 aromatic carbocycles. The molecule has 0 saturated carbocycles. The molecule has 7 heteroatoms. The van der Waals surface area contributed by atoms with Crippen molar-refractivity contribution in [3.63, 3.8) is 0 Å². The Hall–Kier alpha value is -1.72. The van der Waals surface area contributed by atoms with Crippen LogP contribution in [-0.2, 0) is 9.59 Å². The summed E-state index contributed by atoms with van der Waals surface area (Å²) in [4.78, 5) is 35.0. The van der Waals surface area contributed by atoms with Crippen LogP contribution >= 0.6 is 0 Å².